The van der Waals surface area contributed by atoms with Gasteiger partial charge in [0.15, 0.2) is 11.5 Å². The van der Waals surface area contributed by atoms with Gasteiger partial charge in [0.2, 0.25) is 0 Å². The van der Waals surface area contributed by atoms with E-state index in [-0.39, 0.29) is 11.9 Å². The molecule has 1 aromatic heterocycles. The normalized spacial score (nSPS) is 16.2. The summed E-state index contributed by atoms with van der Waals surface area (Å²) in [4.78, 5) is 14.9. The fourth-order valence-corrected chi connectivity index (χ4v) is 3.62. The zero-order chi connectivity index (χ0) is 19.5. The van der Waals surface area contributed by atoms with Crippen LogP contribution in [0.15, 0.2) is 59.1 Å². The fraction of sp³-hybridized carbons (Fsp3) is 0.273. The summed E-state index contributed by atoms with van der Waals surface area (Å²) in [5, 5.41) is 4.02. The molecule has 0 spiro atoms. The Kier molecular flexibility index (Phi) is 5.02. The molecule has 28 heavy (non-hydrogen) atoms. The van der Waals surface area contributed by atoms with Gasteiger partial charge in [-0.3, -0.25) is 4.79 Å². The van der Waals surface area contributed by atoms with Crippen LogP contribution in [0.25, 0.3) is 11.3 Å². The number of carbonyl (C=O) groups excluding carboxylic acids is 1. The molecule has 0 unspecified atom stereocenters. The first-order valence-corrected chi connectivity index (χ1v) is 9.25. The van der Waals surface area contributed by atoms with Crippen LogP contribution in [-0.2, 0) is 0 Å². The summed E-state index contributed by atoms with van der Waals surface area (Å²) in [6.45, 7) is 0.700. The maximum Gasteiger partial charge on any atom is 0.276 e. The molecule has 3 aromatic rings. The first kappa shape index (κ1) is 18.1. The number of methoxy groups -OCH3 is 2. The standard InChI is InChI=1S/C22H22N2O4/c1-26-17-10-8-15(9-11-17)21-14-19(23-28-21)22(25)24-12-4-7-20(24)16-5-3-6-18(13-16)27-2/h3,5-6,8-11,13-14,20H,4,7,12H2,1-2H3/t20-/m1/s1. The summed E-state index contributed by atoms with van der Waals surface area (Å²) in [6.07, 6.45) is 1.87. The molecule has 4 rings (SSSR count). The summed E-state index contributed by atoms with van der Waals surface area (Å²) in [5.41, 5.74) is 2.24. The number of carbonyl (C=O) groups is 1. The largest absolute Gasteiger partial charge is 0.497 e. The lowest BCUT2D eigenvalue weighted by Gasteiger charge is -2.24. The quantitative estimate of drug-likeness (QED) is 0.661. The number of benzene rings is 2. The summed E-state index contributed by atoms with van der Waals surface area (Å²) < 4.78 is 15.9. The predicted molar refractivity (Wildman–Crippen MR) is 104 cm³/mol. The highest BCUT2D eigenvalue weighted by atomic mass is 16.5. The van der Waals surface area contributed by atoms with Crippen molar-refractivity contribution in [1.82, 2.24) is 10.1 Å². The fourth-order valence-electron chi connectivity index (χ4n) is 3.62. The van der Waals surface area contributed by atoms with Crippen LogP contribution in [0.4, 0.5) is 0 Å². The second kappa shape index (κ2) is 7.76. The molecule has 1 aliphatic heterocycles. The Balaban J connectivity index is 1.55. The minimum absolute atomic E-state index is 0.0173. The second-order valence-corrected chi connectivity index (χ2v) is 6.74. The van der Waals surface area contributed by atoms with Gasteiger partial charge in [0.1, 0.15) is 11.5 Å². The molecule has 0 saturated carbocycles. The Bertz CT molecular complexity index is 965. The molecule has 0 aliphatic carbocycles. The van der Waals surface area contributed by atoms with E-state index in [2.05, 4.69) is 5.16 Å². The monoisotopic (exact) mass is 378 g/mol. The number of rotatable bonds is 5. The van der Waals surface area contributed by atoms with Gasteiger partial charge in [-0.2, -0.15) is 0 Å². The Labute approximate surface area is 163 Å². The van der Waals surface area contributed by atoms with Crippen molar-refractivity contribution < 1.29 is 18.8 Å². The highest BCUT2D eigenvalue weighted by molar-refractivity contribution is 5.93. The van der Waals surface area contributed by atoms with Crippen LogP contribution < -0.4 is 9.47 Å². The van der Waals surface area contributed by atoms with Gasteiger partial charge in [-0.25, -0.2) is 0 Å². The van der Waals surface area contributed by atoms with Crippen LogP contribution in [0.5, 0.6) is 11.5 Å². The summed E-state index contributed by atoms with van der Waals surface area (Å²) in [7, 11) is 3.27. The first-order valence-electron chi connectivity index (χ1n) is 9.25. The van der Waals surface area contributed by atoms with Crippen molar-refractivity contribution in [2.75, 3.05) is 20.8 Å². The van der Waals surface area contributed by atoms with Crippen LogP contribution in [-0.4, -0.2) is 36.7 Å². The number of ether oxygens (including phenoxy) is 2. The third-order valence-corrected chi connectivity index (χ3v) is 5.10. The lowest BCUT2D eigenvalue weighted by Crippen LogP contribution is -2.30. The molecule has 2 aromatic carbocycles. The molecule has 1 aliphatic rings. The van der Waals surface area contributed by atoms with Crippen molar-refractivity contribution >= 4 is 5.91 Å². The Morgan fingerprint density at radius 2 is 1.86 bits per heavy atom. The van der Waals surface area contributed by atoms with E-state index < -0.39 is 0 Å². The van der Waals surface area contributed by atoms with E-state index >= 15 is 0 Å². The number of hydrogen-bond donors (Lipinski definition) is 0. The molecular weight excluding hydrogens is 356 g/mol. The third-order valence-electron chi connectivity index (χ3n) is 5.10. The Morgan fingerprint density at radius 3 is 2.61 bits per heavy atom. The summed E-state index contributed by atoms with van der Waals surface area (Å²) in [5.74, 6) is 2.00. The predicted octanol–water partition coefficient (Wildman–Crippen LogP) is 4.34. The van der Waals surface area contributed by atoms with Crippen LogP contribution in [0.2, 0.25) is 0 Å². The maximum atomic E-state index is 13.1. The lowest BCUT2D eigenvalue weighted by molar-refractivity contribution is 0.0725. The summed E-state index contributed by atoms with van der Waals surface area (Å²) in [6, 6.07) is 17.0. The molecule has 0 bridgehead atoms. The molecule has 2 heterocycles. The van der Waals surface area contributed by atoms with E-state index in [1.165, 1.54) is 0 Å². The van der Waals surface area contributed by atoms with E-state index in [1.54, 1.807) is 20.3 Å². The van der Waals surface area contributed by atoms with Crippen LogP contribution >= 0.6 is 0 Å². The Morgan fingerprint density at radius 1 is 1.07 bits per heavy atom. The zero-order valence-corrected chi connectivity index (χ0v) is 15.9. The van der Waals surface area contributed by atoms with Crippen molar-refractivity contribution in [3.05, 3.63) is 65.9 Å². The molecule has 1 amide bonds. The lowest BCUT2D eigenvalue weighted by atomic mass is 10.0. The number of hydrogen-bond acceptors (Lipinski definition) is 5. The molecule has 6 heteroatoms. The molecular formula is C22H22N2O4. The van der Waals surface area contributed by atoms with Gasteiger partial charge in [0, 0.05) is 18.2 Å². The van der Waals surface area contributed by atoms with Gasteiger partial charge in [-0.05, 0) is 54.8 Å². The number of amides is 1. The molecule has 1 saturated heterocycles. The topological polar surface area (TPSA) is 64.8 Å². The van der Waals surface area contributed by atoms with Crippen molar-refractivity contribution in [3.8, 4) is 22.8 Å². The second-order valence-electron chi connectivity index (χ2n) is 6.74. The van der Waals surface area contributed by atoms with Crippen LogP contribution in [0.3, 0.4) is 0 Å². The number of aromatic nitrogens is 1. The molecule has 1 fully saturated rings. The molecule has 6 nitrogen and oxygen atoms in total. The van der Waals surface area contributed by atoms with E-state index in [0.29, 0.717) is 18.0 Å². The average molecular weight is 378 g/mol. The van der Waals surface area contributed by atoms with Crippen molar-refractivity contribution in [2.24, 2.45) is 0 Å². The van der Waals surface area contributed by atoms with E-state index in [9.17, 15) is 4.79 Å². The van der Waals surface area contributed by atoms with Gasteiger partial charge in [0.05, 0.1) is 20.3 Å². The highest BCUT2D eigenvalue weighted by Gasteiger charge is 2.32. The highest BCUT2D eigenvalue weighted by Crippen LogP contribution is 2.35. The Hall–Kier alpha value is -3.28. The molecule has 1 atom stereocenters. The maximum absolute atomic E-state index is 13.1. The molecule has 0 N–H and O–H groups in total. The van der Waals surface area contributed by atoms with Gasteiger partial charge in [0.25, 0.3) is 5.91 Å². The van der Waals surface area contributed by atoms with E-state index in [0.717, 1.165) is 35.5 Å². The van der Waals surface area contributed by atoms with Gasteiger partial charge in [-0.15, -0.1) is 0 Å². The minimum Gasteiger partial charge on any atom is -0.497 e. The van der Waals surface area contributed by atoms with Gasteiger partial charge < -0.3 is 18.9 Å². The minimum atomic E-state index is -0.117. The zero-order valence-electron chi connectivity index (χ0n) is 15.9. The van der Waals surface area contributed by atoms with Crippen LogP contribution in [0, 0.1) is 0 Å². The smallest absolute Gasteiger partial charge is 0.276 e. The first-order chi connectivity index (χ1) is 13.7. The molecule has 144 valence electrons. The van der Waals surface area contributed by atoms with Crippen molar-refractivity contribution in [1.29, 1.82) is 0 Å². The summed E-state index contributed by atoms with van der Waals surface area (Å²) >= 11 is 0. The van der Waals surface area contributed by atoms with Crippen molar-refractivity contribution in [3.63, 3.8) is 0 Å². The number of likely N-dealkylation sites (tertiary alicyclic amines) is 1. The molecule has 0 radical (unpaired) electrons. The van der Waals surface area contributed by atoms with Gasteiger partial charge >= 0.3 is 0 Å². The number of nitrogens with zero attached hydrogens (tertiary/aromatic N) is 2. The third kappa shape index (κ3) is 3.45. The van der Waals surface area contributed by atoms with Crippen molar-refractivity contribution in [2.45, 2.75) is 18.9 Å². The van der Waals surface area contributed by atoms with Gasteiger partial charge in [-0.1, -0.05) is 17.3 Å². The van der Waals surface area contributed by atoms with Crippen LogP contribution in [0.1, 0.15) is 34.9 Å². The van der Waals surface area contributed by atoms with E-state index in [4.69, 9.17) is 14.0 Å². The average Bonchev–Trinajstić information content (AvgIpc) is 3.43. The van der Waals surface area contributed by atoms with E-state index in [1.807, 2.05) is 53.4 Å². The SMILES string of the molecule is COc1ccc(-c2cc(C(=O)N3CCC[C@@H]3c3cccc(OC)c3)no2)cc1.